The molecule has 0 aromatic heterocycles. The van der Waals surface area contributed by atoms with Crippen molar-refractivity contribution in [1.29, 1.82) is 0 Å². The highest BCUT2D eigenvalue weighted by Crippen LogP contribution is 2.20. The summed E-state index contributed by atoms with van der Waals surface area (Å²) in [7, 11) is 0. The van der Waals surface area contributed by atoms with Gasteiger partial charge < -0.3 is 10.6 Å². The first kappa shape index (κ1) is 17.5. The Kier molecular flexibility index (Phi) is 5.71. The quantitative estimate of drug-likeness (QED) is 0.795. The number of carbonyl (C=O) groups excluding carboxylic acids is 2. The Morgan fingerprint density at radius 1 is 1.04 bits per heavy atom. The summed E-state index contributed by atoms with van der Waals surface area (Å²) >= 11 is 1.49. The SMILES string of the molecule is O=C(CSCc1ccc(C(=O)NC2CC2)cc1)Nc1ccc(F)cc1. The topological polar surface area (TPSA) is 58.2 Å². The largest absolute Gasteiger partial charge is 0.349 e. The van der Waals surface area contributed by atoms with Crippen LogP contribution in [0.15, 0.2) is 48.5 Å². The summed E-state index contributed by atoms with van der Waals surface area (Å²) in [6.07, 6.45) is 2.14. The molecule has 0 heterocycles. The van der Waals surface area contributed by atoms with Gasteiger partial charge in [0.05, 0.1) is 5.75 Å². The summed E-state index contributed by atoms with van der Waals surface area (Å²) in [5, 5.41) is 5.68. The summed E-state index contributed by atoms with van der Waals surface area (Å²) in [5.41, 5.74) is 2.30. The van der Waals surface area contributed by atoms with Gasteiger partial charge in [0.25, 0.3) is 5.91 Å². The molecule has 2 amide bonds. The van der Waals surface area contributed by atoms with E-state index in [-0.39, 0.29) is 17.6 Å². The van der Waals surface area contributed by atoms with E-state index in [1.54, 1.807) is 0 Å². The van der Waals surface area contributed by atoms with Gasteiger partial charge in [-0.2, -0.15) is 0 Å². The van der Waals surface area contributed by atoms with Gasteiger partial charge in [0, 0.05) is 23.0 Å². The average molecular weight is 358 g/mol. The van der Waals surface area contributed by atoms with Crippen LogP contribution in [0.25, 0.3) is 0 Å². The Labute approximate surface area is 150 Å². The minimum Gasteiger partial charge on any atom is -0.349 e. The number of carbonyl (C=O) groups is 2. The van der Waals surface area contributed by atoms with Crippen LogP contribution in [0.1, 0.15) is 28.8 Å². The van der Waals surface area contributed by atoms with Crippen molar-refractivity contribution in [2.75, 3.05) is 11.1 Å². The maximum Gasteiger partial charge on any atom is 0.251 e. The maximum absolute atomic E-state index is 12.8. The van der Waals surface area contributed by atoms with Crippen molar-refractivity contribution in [3.05, 3.63) is 65.5 Å². The molecule has 2 aromatic carbocycles. The van der Waals surface area contributed by atoms with Gasteiger partial charge in [-0.15, -0.1) is 11.8 Å². The molecule has 1 aliphatic rings. The molecule has 130 valence electrons. The first-order chi connectivity index (χ1) is 12.1. The van der Waals surface area contributed by atoms with Crippen molar-refractivity contribution in [3.63, 3.8) is 0 Å². The van der Waals surface area contributed by atoms with Gasteiger partial charge in [0.2, 0.25) is 5.91 Å². The third kappa shape index (κ3) is 5.60. The van der Waals surface area contributed by atoms with Crippen LogP contribution in [0, 0.1) is 5.82 Å². The monoisotopic (exact) mass is 358 g/mol. The standard InChI is InChI=1S/C19H19FN2O2S/c20-15-5-7-16(8-6-15)21-18(23)12-25-11-13-1-3-14(4-2-13)19(24)22-17-9-10-17/h1-8,17H,9-12H2,(H,21,23)(H,22,24). The number of benzene rings is 2. The molecular weight excluding hydrogens is 339 g/mol. The molecule has 3 rings (SSSR count). The number of thioether (sulfide) groups is 1. The lowest BCUT2D eigenvalue weighted by molar-refractivity contribution is -0.113. The van der Waals surface area contributed by atoms with E-state index in [4.69, 9.17) is 0 Å². The minimum atomic E-state index is -0.332. The first-order valence-corrected chi connectivity index (χ1v) is 9.28. The van der Waals surface area contributed by atoms with E-state index >= 15 is 0 Å². The van der Waals surface area contributed by atoms with Gasteiger partial charge in [0.1, 0.15) is 5.82 Å². The number of anilines is 1. The van der Waals surface area contributed by atoms with Crippen molar-refractivity contribution >= 4 is 29.3 Å². The predicted molar refractivity (Wildman–Crippen MR) is 98.1 cm³/mol. The fourth-order valence-corrected chi connectivity index (χ4v) is 3.03. The lowest BCUT2D eigenvalue weighted by atomic mass is 10.1. The van der Waals surface area contributed by atoms with Crippen LogP contribution < -0.4 is 10.6 Å². The Morgan fingerprint density at radius 3 is 2.36 bits per heavy atom. The van der Waals surface area contributed by atoms with Crippen LogP contribution in [-0.2, 0) is 10.5 Å². The molecule has 0 unspecified atom stereocenters. The number of hydrogen-bond donors (Lipinski definition) is 2. The van der Waals surface area contributed by atoms with Gasteiger partial charge >= 0.3 is 0 Å². The van der Waals surface area contributed by atoms with Gasteiger partial charge in [-0.3, -0.25) is 9.59 Å². The molecule has 0 spiro atoms. The van der Waals surface area contributed by atoms with Crippen LogP contribution in [0.2, 0.25) is 0 Å². The van der Waals surface area contributed by atoms with Gasteiger partial charge in [-0.05, 0) is 54.8 Å². The van der Waals surface area contributed by atoms with E-state index in [2.05, 4.69) is 10.6 Å². The number of rotatable bonds is 7. The van der Waals surface area contributed by atoms with Crippen molar-refractivity contribution in [2.45, 2.75) is 24.6 Å². The van der Waals surface area contributed by atoms with E-state index in [0.717, 1.165) is 18.4 Å². The van der Waals surface area contributed by atoms with Gasteiger partial charge in [-0.25, -0.2) is 4.39 Å². The molecule has 1 fully saturated rings. The second kappa shape index (κ2) is 8.16. The third-order valence-electron chi connectivity index (χ3n) is 3.76. The molecule has 0 bridgehead atoms. The van der Waals surface area contributed by atoms with Crippen molar-refractivity contribution in [3.8, 4) is 0 Å². The molecule has 4 nitrogen and oxygen atoms in total. The van der Waals surface area contributed by atoms with Crippen LogP contribution in [-0.4, -0.2) is 23.6 Å². The van der Waals surface area contributed by atoms with E-state index in [9.17, 15) is 14.0 Å². The van der Waals surface area contributed by atoms with Crippen LogP contribution >= 0.6 is 11.8 Å². The molecule has 0 atom stereocenters. The highest BCUT2D eigenvalue weighted by molar-refractivity contribution is 7.99. The number of nitrogens with one attached hydrogen (secondary N) is 2. The van der Waals surface area contributed by atoms with E-state index in [1.807, 2.05) is 24.3 Å². The second-order valence-corrected chi connectivity index (χ2v) is 6.98. The zero-order chi connectivity index (χ0) is 17.6. The number of hydrogen-bond acceptors (Lipinski definition) is 3. The van der Waals surface area contributed by atoms with Crippen molar-refractivity contribution < 1.29 is 14.0 Å². The molecule has 1 saturated carbocycles. The van der Waals surface area contributed by atoms with E-state index in [1.165, 1.54) is 36.0 Å². The molecular formula is C19H19FN2O2S. The highest BCUT2D eigenvalue weighted by atomic mass is 32.2. The lowest BCUT2D eigenvalue weighted by Crippen LogP contribution is -2.25. The first-order valence-electron chi connectivity index (χ1n) is 8.13. The summed E-state index contributed by atoms with van der Waals surface area (Å²) in [5.74, 6) is 0.502. The fourth-order valence-electron chi connectivity index (χ4n) is 2.24. The Balaban J connectivity index is 1.41. The summed E-state index contributed by atoms with van der Waals surface area (Å²) < 4.78 is 12.8. The average Bonchev–Trinajstić information content (AvgIpc) is 3.41. The zero-order valence-corrected chi connectivity index (χ0v) is 14.4. The van der Waals surface area contributed by atoms with Gasteiger partial charge in [0.15, 0.2) is 0 Å². The normalized spacial score (nSPS) is 13.3. The molecule has 1 aliphatic carbocycles. The van der Waals surface area contributed by atoms with Crippen molar-refractivity contribution in [2.24, 2.45) is 0 Å². The van der Waals surface area contributed by atoms with E-state index in [0.29, 0.717) is 28.8 Å². The van der Waals surface area contributed by atoms with Crippen LogP contribution in [0.3, 0.4) is 0 Å². The smallest absolute Gasteiger partial charge is 0.251 e. The van der Waals surface area contributed by atoms with E-state index < -0.39 is 0 Å². The van der Waals surface area contributed by atoms with Crippen LogP contribution in [0.4, 0.5) is 10.1 Å². The molecule has 25 heavy (non-hydrogen) atoms. The molecule has 0 aliphatic heterocycles. The summed E-state index contributed by atoms with van der Waals surface area (Å²) in [6.45, 7) is 0. The maximum atomic E-state index is 12.8. The summed E-state index contributed by atoms with van der Waals surface area (Å²) in [4.78, 5) is 23.8. The lowest BCUT2D eigenvalue weighted by Gasteiger charge is -2.06. The number of halogens is 1. The minimum absolute atomic E-state index is 0.0274. The van der Waals surface area contributed by atoms with Gasteiger partial charge in [-0.1, -0.05) is 12.1 Å². The molecule has 2 aromatic rings. The molecule has 6 heteroatoms. The Morgan fingerprint density at radius 2 is 1.72 bits per heavy atom. The molecule has 0 radical (unpaired) electrons. The fraction of sp³-hybridized carbons (Fsp3) is 0.263. The third-order valence-corrected chi connectivity index (χ3v) is 4.76. The Bertz CT molecular complexity index is 743. The number of amides is 2. The summed E-state index contributed by atoms with van der Waals surface area (Å²) in [6, 6.07) is 13.5. The second-order valence-electron chi connectivity index (χ2n) is 5.99. The predicted octanol–water partition coefficient (Wildman–Crippen LogP) is 3.59. The highest BCUT2D eigenvalue weighted by Gasteiger charge is 2.23. The zero-order valence-electron chi connectivity index (χ0n) is 13.6. The molecule has 2 N–H and O–H groups in total. The Hall–Kier alpha value is -2.34. The molecule has 0 saturated heterocycles. The van der Waals surface area contributed by atoms with Crippen LogP contribution in [0.5, 0.6) is 0 Å². The van der Waals surface area contributed by atoms with Crippen molar-refractivity contribution in [1.82, 2.24) is 5.32 Å².